The molecule has 3 nitrogen and oxygen atoms in total. The molecule has 1 heterocycles. The number of methoxy groups -OCH3 is 1. The van der Waals surface area contributed by atoms with E-state index in [9.17, 15) is 0 Å². The maximum atomic E-state index is 5.27. The van der Waals surface area contributed by atoms with E-state index in [1.807, 2.05) is 7.05 Å². The first-order valence-electron chi connectivity index (χ1n) is 6.42. The molecule has 1 aliphatic carbocycles. The van der Waals surface area contributed by atoms with Crippen LogP contribution in [0.1, 0.15) is 30.0 Å². The number of aromatic nitrogens is 1. The highest BCUT2D eigenvalue weighted by Crippen LogP contribution is 2.41. The van der Waals surface area contributed by atoms with E-state index in [1.165, 1.54) is 29.6 Å². The molecule has 0 unspecified atom stereocenters. The van der Waals surface area contributed by atoms with Crippen LogP contribution < -0.4 is 5.32 Å². The molecule has 1 aromatic heterocycles. The number of nitrogens with zero attached hydrogens (tertiary/aromatic N) is 1. The summed E-state index contributed by atoms with van der Waals surface area (Å²) in [6.45, 7) is 0.613. The standard InChI is InChI=1S/C15H18N2O/c1-16-14-8-13(10-6-7-10)17-15-11(9-18-2)4-3-5-12(14)15/h3-5,8,10H,6-7,9H2,1-2H3,(H,16,17). The van der Waals surface area contributed by atoms with Crippen LogP contribution in [0.3, 0.4) is 0 Å². The topological polar surface area (TPSA) is 34.2 Å². The molecule has 1 N–H and O–H groups in total. The van der Waals surface area contributed by atoms with Crippen molar-refractivity contribution in [3.63, 3.8) is 0 Å². The zero-order valence-electron chi connectivity index (χ0n) is 10.9. The number of ether oxygens (including phenoxy) is 1. The van der Waals surface area contributed by atoms with Gasteiger partial charge in [0.2, 0.25) is 0 Å². The number of para-hydroxylation sites is 1. The Kier molecular flexibility index (Phi) is 2.92. The number of hydrogen-bond donors (Lipinski definition) is 1. The first-order chi connectivity index (χ1) is 8.83. The quantitative estimate of drug-likeness (QED) is 0.893. The van der Waals surface area contributed by atoms with E-state index in [4.69, 9.17) is 9.72 Å². The molecule has 0 saturated heterocycles. The molecule has 1 aromatic carbocycles. The van der Waals surface area contributed by atoms with Crippen LogP contribution in [0.4, 0.5) is 5.69 Å². The number of rotatable bonds is 4. The van der Waals surface area contributed by atoms with E-state index in [0.29, 0.717) is 12.5 Å². The second kappa shape index (κ2) is 4.58. The molecule has 3 rings (SSSR count). The van der Waals surface area contributed by atoms with Crippen LogP contribution in [-0.4, -0.2) is 19.1 Å². The molecule has 1 saturated carbocycles. The Morgan fingerprint density at radius 1 is 1.39 bits per heavy atom. The van der Waals surface area contributed by atoms with Crippen LogP contribution >= 0.6 is 0 Å². The van der Waals surface area contributed by atoms with Crippen molar-refractivity contribution in [2.75, 3.05) is 19.5 Å². The summed E-state index contributed by atoms with van der Waals surface area (Å²) < 4.78 is 5.27. The number of hydrogen-bond acceptors (Lipinski definition) is 3. The smallest absolute Gasteiger partial charge is 0.0781 e. The van der Waals surface area contributed by atoms with E-state index in [1.54, 1.807) is 7.11 Å². The minimum absolute atomic E-state index is 0.613. The van der Waals surface area contributed by atoms with Gasteiger partial charge in [0.05, 0.1) is 12.1 Å². The summed E-state index contributed by atoms with van der Waals surface area (Å²) in [4.78, 5) is 4.84. The lowest BCUT2D eigenvalue weighted by Crippen LogP contribution is -1.99. The third-order valence-corrected chi connectivity index (χ3v) is 3.51. The second-order valence-electron chi connectivity index (χ2n) is 4.87. The summed E-state index contributed by atoms with van der Waals surface area (Å²) >= 11 is 0. The third-order valence-electron chi connectivity index (χ3n) is 3.51. The van der Waals surface area contributed by atoms with E-state index in [2.05, 4.69) is 29.6 Å². The van der Waals surface area contributed by atoms with Crippen LogP contribution in [0.25, 0.3) is 10.9 Å². The average Bonchev–Trinajstić information content (AvgIpc) is 3.22. The molecule has 1 aliphatic rings. The Bertz CT molecular complexity index is 576. The van der Waals surface area contributed by atoms with Crippen molar-refractivity contribution >= 4 is 16.6 Å². The molecule has 2 aromatic rings. The van der Waals surface area contributed by atoms with Crippen molar-refractivity contribution in [3.05, 3.63) is 35.5 Å². The minimum Gasteiger partial charge on any atom is -0.388 e. The van der Waals surface area contributed by atoms with Crippen molar-refractivity contribution in [3.8, 4) is 0 Å². The number of anilines is 1. The summed E-state index contributed by atoms with van der Waals surface area (Å²) in [5, 5.41) is 4.46. The Hall–Kier alpha value is -1.61. The van der Waals surface area contributed by atoms with Gasteiger partial charge in [-0.3, -0.25) is 4.98 Å². The predicted molar refractivity (Wildman–Crippen MR) is 74.0 cm³/mol. The van der Waals surface area contributed by atoms with Crippen LogP contribution in [-0.2, 0) is 11.3 Å². The normalized spacial score (nSPS) is 15.0. The highest BCUT2D eigenvalue weighted by molar-refractivity contribution is 5.93. The fourth-order valence-corrected chi connectivity index (χ4v) is 2.39. The van der Waals surface area contributed by atoms with Gasteiger partial charge in [0.1, 0.15) is 0 Å². The van der Waals surface area contributed by atoms with Gasteiger partial charge in [0.25, 0.3) is 0 Å². The molecule has 0 atom stereocenters. The summed E-state index contributed by atoms with van der Waals surface area (Å²) in [6, 6.07) is 8.46. The lowest BCUT2D eigenvalue weighted by Gasteiger charge is -2.11. The molecule has 3 heteroatoms. The number of pyridine rings is 1. The first-order valence-corrected chi connectivity index (χ1v) is 6.42. The first kappa shape index (κ1) is 11.5. The lowest BCUT2D eigenvalue weighted by molar-refractivity contribution is 0.186. The van der Waals surface area contributed by atoms with Gasteiger partial charge in [-0.25, -0.2) is 0 Å². The maximum absolute atomic E-state index is 5.27. The molecule has 0 amide bonds. The lowest BCUT2D eigenvalue weighted by atomic mass is 10.1. The Labute approximate surface area is 107 Å². The molecule has 18 heavy (non-hydrogen) atoms. The molecule has 0 aliphatic heterocycles. The molecular formula is C15H18N2O. The molecular weight excluding hydrogens is 224 g/mol. The molecule has 0 radical (unpaired) electrons. The maximum Gasteiger partial charge on any atom is 0.0781 e. The highest BCUT2D eigenvalue weighted by Gasteiger charge is 2.26. The monoisotopic (exact) mass is 242 g/mol. The molecule has 94 valence electrons. The molecule has 1 fully saturated rings. The van der Waals surface area contributed by atoms with Gasteiger partial charge in [0, 0.05) is 42.4 Å². The summed E-state index contributed by atoms with van der Waals surface area (Å²) in [7, 11) is 3.69. The Balaban J connectivity index is 2.21. The van der Waals surface area contributed by atoms with Gasteiger partial charge in [-0.15, -0.1) is 0 Å². The zero-order valence-corrected chi connectivity index (χ0v) is 10.9. The van der Waals surface area contributed by atoms with Crippen LogP contribution in [0.15, 0.2) is 24.3 Å². The molecule has 0 bridgehead atoms. The van der Waals surface area contributed by atoms with Crippen molar-refractivity contribution in [2.45, 2.75) is 25.4 Å². The number of benzene rings is 1. The van der Waals surface area contributed by atoms with E-state index in [-0.39, 0.29) is 0 Å². The fourth-order valence-electron chi connectivity index (χ4n) is 2.39. The minimum atomic E-state index is 0.613. The van der Waals surface area contributed by atoms with E-state index < -0.39 is 0 Å². The summed E-state index contributed by atoms with van der Waals surface area (Å²) in [6.07, 6.45) is 2.54. The average molecular weight is 242 g/mol. The summed E-state index contributed by atoms with van der Waals surface area (Å²) in [5.41, 5.74) is 4.62. The summed E-state index contributed by atoms with van der Waals surface area (Å²) in [5.74, 6) is 0.664. The Morgan fingerprint density at radius 3 is 2.89 bits per heavy atom. The molecule has 0 spiro atoms. The van der Waals surface area contributed by atoms with Gasteiger partial charge in [-0.1, -0.05) is 18.2 Å². The van der Waals surface area contributed by atoms with Crippen LogP contribution in [0.2, 0.25) is 0 Å². The van der Waals surface area contributed by atoms with E-state index in [0.717, 1.165) is 11.1 Å². The largest absolute Gasteiger partial charge is 0.388 e. The zero-order chi connectivity index (χ0) is 12.5. The second-order valence-corrected chi connectivity index (χ2v) is 4.87. The van der Waals surface area contributed by atoms with Crippen molar-refractivity contribution < 1.29 is 4.74 Å². The van der Waals surface area contributed by atoms with Gasteiger partial charge in [-0.05, 0) is 18.9 Å². The fraction of sp³-hybridized carbons (Fsp3) is 0.400. The van der Waals surface area contributed by atoms with Gasteiger partial charge in [-0.2, -0.15) is 0 Å². The van der Waals surface area contributed by atoms with Crippen molar-refractivity contribution in [1.29, 1.82) is 0 Å². The predicted octanol–water partition coefficient (Wildman–Crippen LogP) is 3.30. The third kappa shape index (κ3) is 1.95. The van der Waals surface area contributed by atoms with E-state index >= 15 is 0 Å². The highest BCUT2D eigenvalue weighted by atomic mass is 16.5. The number of nitrogens with one attached hydrogen (secondary N) is 1. The van der Waals surface area contributed by atoms with Crippen molar-refractivity contribution in [2.24, 2.45) is 0 Å². The van der Waals surface area contributed by atoms with Gasteiger partial charge < -0.3 is 10.1 Å². The SMILES string of the molecule is CNc1cc(C2CC2)nc2c(COC)cccc12. The van der Waals surface area contributed by atoms with Gasteiger partial charge >= 0.3 is 0 Å². The van der Waals surface area contributed by atoms with Gasteiger partial charge in [0.15, 0.2) is 0 Å². The Morgan fingerprint density at radius 2 is 2.22 bits per heavy atom. The van der Waals surface area contributed by atoms with Crippen molar-refractivity contribution in [1.82, 2.24) is 4.98 Å². The van der Waals surface area contributed by atoms with Crippen LogP contribution in [0, 0.1) is 0 Å². The number of fused-ring (bicyclic) bond motifs is 1. The van der Waals surface area contributed by atoms with Crippen LogP contribution in [0.5, 0.6) is 0 Å².